The van der Waals surface area contributed by atoms with Crippen LogP contribution in [0.4, 0.5) is 8.78 Å². The molecular formula is C5H4ClF2NOS. The molecule has 0 aliphatic rings. The molecular weight excluding hydrogens is 196 g/mol. The van der Waals surface area contributed by atoms with Crippen LogP contribution < -0.4 is 0 Å². The van der Waals surface area contributed by atoms with E-state index in [0.29, 0.717) is 0 Å². The topological polar surface area (TPSA) is 33.1 Å². The van der Waals surface area contributed by atoms with E-state index in [2.05, 4.69) is 4.98 Å². The van der Waals surface area contributed by atoms with E-state index in [1.807, 2.05) is 0 Å². The zero-order chi connectivity index (χ0) is 8.43. The van der Waals surface area contributed by atoms with E-state index < -0.39 is 12.5 Å². The van der Waals surface area contributed by atoms with Crippen molar-refractivity contribution in [2.75, 3.05) is 0 Å². The first-order valence-electron chi connectivity index (χ1n) is 2.68. The minimum absolute atomic E-state index is 0.0880. The molecule has 0 aromatic carbocycles. The Labute approximate surface area is 70.4 Å². The maximum absolute atomic E-state index is 11.8. The molecule has 0 saturated heterocycles. The lowest BCUT2D eigenvalue weighted by Gasteiger charge is -2.03. The Bertz CT molecular complexity index is 242. The van der Waals surface area contributed by atoms with Crippen LogP contribution in [0.15, 0.2) is 6.20 Å². The molecule has 1 aromatic rings. The summed E-state index contributed by atoms with van der Waals surface area (Å²) in [6, 6.07) is 0. The third-order valence-corrected chi connectivity index (χ3v) is 2.21. The van der Waals surface area contributed by atoms with Crippen molar-refractivity contribution in [3.63, 3.8) is 0 Å². The summed E-state index contributed by atoms with van der Waals surface area (Å²) in [4.78, 5) is 3.60. The third-order valence-electron chi connectivity index (χ3n) is 1.03. The van der Waals surface area contributed by atoms with Gasteiger partial charge in [-0.3, -0.25) is 0 Å². The van der Waals surface area contributed by atoms with Crippen LogP contribution in [0, 0.1) is 0 Å². The quantitative estimate of drug-likeness (QED) is 0.791. The Morgan fingerprint density at radius 1 is 1.64 bits per heavy atom. The van der Waals surface area contributed by atoms with Gasteiger partial charge < -0.3 is 5.11 Å². The summed E-state index contributed by atoms with van der Waals surface area (Å²) >= 11 is 6.21. The van der Waals surface area contributed by atoms with E-state index in [9.17, 15) is 8.78 Å². The van der Waals surface area contributed by atoms with E-state index in [1.54, 1.807) is 0 Å². The minimum Gasteiger partial charge on any atom is -0.382 e. The van der Waals surface area contributed by atoms with E-state index in [0.717, 1.165) is 17.5 Å². The van der Waals surface area contributed by atoms with Crippen LogP contribution >= 0.6 is 22.9 Å². The van der Waals surface area contributed by atoms with Gasteiger partial charge >= 0.3 is 0 Å². The molecule has 1 N–H and O–H groups in total. The predicted molar refractivity (Wildman–Crippen MR) is 38.1 cm³/mol. The van der Waals surface area contributed by atoms with Crippen LogP contribution in [-0.2, 0) is 0 Å². The first-order valence-corrected chi connectivity index (χ1v) is 3.88. The lowest BCUT2D eigenvalue weighted by molar-refractivity contribution is -0.00380. The fourth-order valence-electron chi connectivity index (χ4n) is 0.525. The van der Waals surface area contributed by atoms with Crippen LogP contribution in [0.2, 0.25) is 4.47 Å². The number of hydrogen-bond donors (Lipinski definition) is 1. The van der Waals surface area contributed by atoms with Crippen molar-refractivity contribution in [1.82, 2.24) is 4.98 Å². The number of aromatic nitrogens is 1. The number of thiazole rings is 1. The Morgan fingerprint density at radius 2 is 2.27 bits per heavy atom. The van der Waals surface area contributed by atoms with Crippen LogP contribution in [0.5, 0.6) is 0 Å². The second kappa shape index (κ2) is 3.42. The normalized spacial score (nSPS) is 13.9. The third kappa shape index (κ3) is 2.08. The zero-order valence-electron chi connectivity index (χ0n) is 5.17. The van der Waals surface area contributed by atoms with E-state index in [1.165, 1.54) is 0 Å². The van der Waals surface area contributed by atoms with Gasteiger partial charge in [-0.1, -0.05) is 11.6 Å². The summed E-state index contributed by atoms with van der Waals surface area (Å²) in [5.41, 5.74) is 0. The summed E-state index contributed by atoms with van der Waals surface area (Å²) in [5.74, 6) is 0. The molecule has 1 rings (SSSR count). The molecule has 2 nitrogen and oxygen atoms in total. The van der Waals surface area contributed by atoms with Crippen LogP contribution in [0.1, 0.15) is 11.0 Å². The van der Waals surface area contributed by atoms with Gasteiger partial charge in [0.05, 0.1) is 4.88 Å². The maximum atomic E-state index is 11.8. The fourth-order valence-corrected chi connectivity index (χ4v) is 1.47. The van der Waals surface area contributed by atoms with E-state index in [4.69, 9.17) is 16.7 Å². The van der Waals surface area contributed by atoms with E-state index in [-0.39, 0.29) is 9.34 Å². The van der Waals surface area contributed by atoms with Crippen molar-refractivity contribution in [3.05, 3.63) is 15.5 Å². The number of hydrogen-bond acceptors (Lipinski definition) is 3. The summed E-state index contributed by atoms with van der Waals surface area (Å²) < 4.78 is 23.8. The largest absolute Gasteiger partial charge is 0.382 e. The molecule has 0 amide bonds. The molecule has 0 aliphatic heterocycles. The van der Waals surface area contributed by atoms with Gasteiger partial charge in [0.25, 0.3) is 6.43 Å². The van der Waals surface area contributed by atoms with Crippen molar-refractivity contribution in [1.29, 1.82) is 0 Å². The van der Waals surface area contributed by atoms with Gasteiger partial charge in [0.1, 0.15) is 0 Å². The van der Waals surface area contributed by atoms with Gasteiger partial charge in [0.2, 0.25) is 0 Å². The lowest BCUT2D eigenvalue weighted by Crippen LogP contribution is -2.05. The first kappa shape index (κ1) is 8.83. The molecule has 0 spiro atoms. The Kier molecular flexibility index (Phi) is 2.75. The molecule has 0 fully saturated rings. The number of nitrogens with zero attached hydrogens (tertiary/aromatic N) is 1. The summed E-state index contributed by atoms with van der Waals surface area (Å²) in [5, 5.41) is 8.77. The molecule has 0 saturated carbocycles. The molecule has 1 unspecified atom stereocenters. The standard InChI is InChI=1S/C5H4ClF2NOS/c6-5-9-1-2(11-5)3(10)4(7)8/h1,3-4,10H. The second-order valence-electron chi connectivity index (χ2n) is 1.79. The highest BCUT2D eigenvalue weighted by atomic mass is 35.5. The average Bonchev–Trinajstić information content (AvgIpc) is 2.34. The number of aliphatic hydroxyl groups is 1. The number of alkyl halides is 2. The van der Waals surface area contributed by atoms with Crippen LogP contribution in [0.3, 0.4) is 0 Å². The maximum Gasteiger partial charge on any atom is 0.269 e. The molecule has 11 heavy (non-hydrogen) atoms. The summed E-state index contributed by atoms with van der Waals surface area (Å²) in [6.07, 6.45) is -3.41. The van der Waals surface area contributed by atoms with Gasteiger partial charge in [-0.2, -0.15) is 0 Å². The van der Waals surface area contributed by atoms with Crippen LogP contribution in [0.25, 0.3) is 0 Å². The van der Waals surface area contributed by atoms with Gasteiger partial charge in [-0.15, -0.1) is 11.3 Å². The molecule has 0 radical (unpaired) electrons. The van der Waals surface area contributed by atoms with Gasteiger partial charge in [0.15, 0.2) is 10.6 Å². The Hall–Kier alpha value is -0.260. The molecule has 62 valence electrons. The van der Waals surface area contributed by atoms with Crippen LogP contribution in [-0.4, -0.2) is 16.5 Å². The average molecular weight is 200 g/mol. The predicted octanol–water partition coefficient (Wildman–Crippen LogP) is 2.09. The highest BCUT2D eigenvalue weighted by Gasteiger charge is 2.21. The monoisotopic (exact) mass is 199 g/mol. The summed E-state index contributed by atoms with van der Waals surface area (Å²) in [7, 11) is 0. The molecule has 1 atom stereocenters. The Morgan fingerprint density at radius 3 is 2.64 bits per heavy atom. The van der Waals surface area contributed by atoms with Gasteiger partial charge in [0, 0.05) is 6.20 Å². The van der Waals surface area contributed by atoms with Crippen molar-refractivity contribution >= 4 is 22.9 Å². The minimum atomic E-state index is -2.79. The highest BCUT2D eigenvalue weighted by Crippen LogP contribution is 2.27. The molecule has 1 heterocycles. The molecule has 1 aromatic heterocycles. The fraction of sp³-hybridized carbons (Fsp3) is 0.400. The highest BCUT2D eigenvalue weighted by molar-refractivity contribution is 7.15. The lowest BCUT2D eigenvalue weighted by atomic mass is 10.3. The SMILES string of the molecule is OC(c1cnc(Cl)s1)C(F)F. The number of aliphatic hydroxyl groups excluding tert-OH is 1. The molecule has 0 aliphatic carbocycles. The van der Waals surface area contributed by atoms with Crippen molar-refractivity contribution in [2.24, 2.45) is 0 Å². The number of halogens is 3. The molecule has 0 bridgehead atoms. The molecule has 6 heteroatoms. The van der Waals surface area contributed by atoms with Gasteiger partial charge in [-0.05, 0) is 0 Å². The van der Waals surface area contributed by atoms with Crippen molar-refractivity contribution in [3.8, 4) is 0 Å². The van der Waals surface area contributed by atoms with E-state index >= 15 is 0 Å². The smallest absolute Gasteiger partial charge is 0.269 e. The van der Waals surface area contributed by atoms with Crippen molar-refractivity contribution < 1.29 is 13.9 Å². The van der Waals surface area contributed by atoms with Gasteiger partial charge in [-0.25, -0.2) is 13.8 Å². The van der Waals surface area contributed by atoms with Crippen molar-refractivity contribution in [2.45, 2.75) is 12.5 Å². The zero-order valence-corrected chi connectivity index (χ0v) is 6.74. The Balaban J connectivity index is 2.76. The first-order chi connectivity index (χ1) is 5.11. The summed E-state index contributed by atoms with van der Waals surface area (Å²) in [6.45, 7) is 0. The second-order valence-corrected chi connectivity index (χ2v) is 3.44. The number of rotatable bonds is 2.